The molecule has 4 heteroatoms. The van der Waals surface area contributed by atoms with E-state index < -0.39 is 0 Å². The molecule has 0 aliphatic carbocycles. The highest BCUT2D eigenvalue weighted by molar-refractivity contribution is 5.74. The molecule has 0 saturated carbocycles. The van der Waals surface area contributed by atoms with Gasteiger partial charge in [-0.3, -0.25) is 0 Å². The first-order valence-corrected chi connectivity index (χ1v) is 13.2. The van der Waals surface area contributed by atoms with Crippen LogP contribution in [-0.2, 0) is 22.5 Å². The van der Waals surface area contributed by atoms with Crippen molar-refractivity contribution in [3.8, 4) is 5.75 Å². The van der Waals surface area contributed by atoms with Crippen LogP contribution in [-0.4, -0.2) is 43.8 Å². The number of ether oxygens (including phenoxy) is 2. The Balaban J connectivity index is 1.67. The molecule has 1 atom stereocenters. The molecule has 0 aliphatic rings. The largest absolute Gasteiger partial charge is 0.493 e. The first-order chi connectivity index (χ1) is 16.4. The van der Waals surface area contributed by atoms with Crippen LogP contribution in [0.5, 0.6) is 5.75 Å². The van der Waals surface area contributed by atoms with Crippen molar-refractivity contribution in [1.82, 2.24) is 0 Å². The van der Waals surface area contributed by atoms with E-state index in [4.69, 9.17) is 9.47 Å². The van der Waals surface area contributed by atoms with Gasteiger partial charge in [-0.15, -0.1) is 0 Å². The lowest BCUT2D eigenvalue weighted by atomic mass is 10.0. The van der Waals surface area contributed by atoms with Crippen LogP contribution in [0.3, 0.4) is 0 Å². The minimum Gasteiger partial charge on any atom is -0.493 e. The number of esters is 1. The smallest absolute Gasteiger partial charge is 0.364 e. The van der Waals surface area contributed by atoms with E-state index in [1.54, 1.807) is 0 Å². The van der Waals surface area contributed by atoms with Crippen LogP contribution in [0.2, 0.25) is 0 Å². The lowest BCUT2D eigenvalue weighted by Crippen LogP contribution is -2.51. The molecule has 4 nitrogen and oxygen atoms in total. The number of quaternary nitrogens is 1. The third-order valence-electron chi connectivity index (χ3n) is 6.64. The average molecular weight is 469 g/mol. The van der Waals surface area contributed by atoms with Gasteiger partial charge >= 0.3 is 5.97 Å². The molecule has 2 aromatic carbocycles. The molecule has 0 bridgehead atoms. The van der Waals surface area contributed by atoms with Crippen LogP contribution in [0.4, 0.5) is 0 Å². The Morgan fingerprint density at radius 2 is 1.47 bits per heavy atom. The number of aryl methyl sites for hydroxylation is 1. The van der Waals surface area contributed by atoms with Crippen molar-refractivity contribution in [3.05, 3.63) is 65.7 Å². The molecule has 34 heavy (non-hydrogen) atoms. The second-order valence-corrected chi connectivity index (χ2v) is 9.95. The van der Waals surface area contributed by atoms with Crippen molar-refractivity contribution in [2.75, 3.05) is 27.3 Å². The number of hydrogen-bond acceptors (Lipinski definition) is 3. The highest BCUT2D eigenvalue weighted by Crippen LogP contribution is 2.21. The average Bonchev–Trinajstić information content (AvgIpc) is 2.83. The SMILES string of the molecule is CCCCCCCCCc1ccccc1OCCCOC(=O)C(C)[N+](C)(C)Cc1ccccc1. The van der Waals surface area contributed by atoms with Gasteiger partial charge in [-0.25, -0.2) is 4.79 Å². The maximum absolute atomic E-state index is 12.6. The molecule has 2 rings (SSSR count). The Bertz CT molecular complexity index is 819. The number of rotatable bonds is 17. The maximum Gasteiger partial charge on any atom is 0.364 e. The number of benzene rings is 2. The van der Waals surface area contributed by atoms with Crippen LogP contribution in [0, 0.1) is 0 Å². The summed E-state index contributed by atoms with van der Waals surface area (Å²) in [5.41, 5.74) is 2.50. The van der Waals surface area contributed by atoms with E-state index in [0.717, 1.165) is 18.7 Å². The van der Waals surface area contributed by atoms with Crippen LogP contribution in [0.25, 0.3) is 0 Å². The van der Waals surface area contributed by atoms with E-state index in [9.17, 15) is 4.79 Å². The van der Waals surface area contributed by atoms with Crippen LogP contribution >= 0.6 is 0 Å². The molecule has 0 saturated heterocycles. The molecule has 0 aromatic heterocycles. The van der Waals surface area contributed by atoms with Crippen molar-refractivity contribution in [2.24, 2.45) is 0 Å². The summed E-state index contributed by atoms with van der Waals surface area (Å²) in [7, 11) is 4.15. The van der Waals surface area contributed by atoms with Gasteiger partial charge in [0.2, 0.25) is 0 Å². The number of hydrogen-bond donors (Lipinski definition) is 0. The first-order valence-electron chi connectivity index (χ1n) is 13.2. The fourth-order valence-corrected chi connectivity index (χ4v) is 4.13. The zero-order valence-electron chi connectivity index (χ0n) is 21.9. The van der Waals surface area contributed by atoms with Gasteiger partial charge in [0.1, 0.15) is 12.3 Å². The van der Waals surface area contributed by atoms with Crippen molar-refractivity contribution >= 4 is 5.97 Å². The first kappa shape index (κ1) is 27.9. The molecule has 2 aromatic rings. The van der Waals surface area contributed by atoms with Crippen LogP contribution < -0.4 is 4.74 Å². The molecular formula is C30H46NO3+. The van der Waals surface area contributed by atoms with Gasteiger partial charge in [0.25, 0.3) is 0 Å². The van der Waals surface area contributed by atoms with Gasteiger partial charge in [0.15, 0.2) is 6.04 Å². The van der Waals surface area contributed by atoms with Crippen LogP contribution in [0.1, 0.15) is 76.3 Å². The molecule has 1 unspecified atom stereocenters. The summed E-state index contributed by atoms with van der Waals surface area (Å²) in [6.07, 6.45) is 10.9. The lowest BCUT2D eigenvalue weighted by Gasteiger charge is -2.34. The highest BCUT2D eigenvalue weighted by atomic mass is 16.5. The van der Waals surface area contributed by atoms with E-state index >= 15 is 0 Å². The summed E-state index contributed by atoms with van der Waals surface area (Å²) in [4.78, 5) is 12.6. The van der Waals surface area contributed by atoms with Gasteiger partial charge in [-0.2, -0.15) is 0 Å². The zero-order valence-corrected chi connectivity index (χ0v) is 21.9. The van der Waals surface area contributed by atoms with Crippen molar-refractivity contribution < 1.29 is 18.8 Å². The Kier molecular flexibility index (Phi) is 12.8. The number of likely N-dealkylation sites (N-methyl/N-ethyl adjacent to an activating group) is 1. The normalized spacial score (nSPS) is 12.4. The summed E-state index contributed by atoms with van der Waals surface area (Å²) in [6.45, 7) is 5.93. The van der Waals surface area contributed by atoms with Gasteiger partial charge in [-0.1, -0.05) is 94.0 Å². The molecule has 0 radical (unpaired) electrons. The molecular weight excluding hydrogens is 422 g/mol. The standard InChI is InChI=1S/C30H46NO3/c1-5-6-7-8-9-10-14-20-28-21-15-16-22-29(28)33-23-17-24-34-30(32)26(2)31(3,4)25-27-18-12-11-13-19-27/h11-13,15-16,18-19,21-22,26H,5-10,14,17,20,23-25H2,1-4H3/q+1. The molecule has 0 heterocycles. The topological polar surface area (TPSA) is 35.5 Å². The fourth-order valence-electron chi connectivity index (χ4n) is 4.13. The van der Waals surface area contributed by atoms with E-state index in [-0.39, 0.29) is 12.0 Å². The third-order valence-corrected chi connectivity index (χ3v) is 6.64. The summed E-state index contributed by atoms with van der Waals surface area (Å²) in [5.74, 6) is 0.814. The Morgan fingerprint density at radius 3 is 2.21 bits per heavy atom. The number of nitrogens with zero attached hydrogens (tertiary/aromatic N) is 1. The van der Waals surface area contributed by atoms with Crippen molar-refractivity contribution in [2.45, 2.75) is 84.2 Å². The minimum absolute atomic E-state index is 0.153. The van der Waals surface area contributed by atoms with E-state index in [1.165, 1.54) is 56.1 Å². The molecule has 0 fully saturated rings. The summed E-state index contributed by atoms with van der Waals surface area (Å²) < 4.78 is 12.2. The highest BCUT2D eigenvalue weighted by Gasteiger charge is 2.32. The monoisotopic (exact) mass is 468 g/mol. The maximum atomic E-state index is 12.6. The molecule has 0 amide bonds. The van der Waals surface area contributed by atoms with Crippen molar-refractivity contribution in [1.29, 1.82) is 0 Å². The predicted molar refractivity (Wildman–Crippen MR) is 141 cm³/mol. The minimum atomic E-state index is -0.233. The number of para-hydroxylation sites is 1. The summed E-state index contributed by atoms with van der Waals surface area (Å²) in [5, 5.41) is 0. The molecule has 0 N–H and O–H groups in total. The Hall–Kier alpha value is -2.33. The second-order valence-electron chi connectivity index (χ2n) is 9.95. The van der Waals surface area contributed by atoms with Crippen molar-refractivity contribution in [3.63, 3.8) is 0 Å². The number of carbonyl (C=O) groups is 1. The third kappa shape index (κ3) is 10.3. The molecule has 0 spiro atoms. The molecule has 0 aliphatic heterocycles. The quantitative estimate of drug-likeness (QED) is 0.143. The van der Waals surface area contributed by atoms with Gasteiger partial charge < -0.3 is 14.0 Å². The molecule has 188 valence electrons. The number of carbonyl (C=O) groups excluding carboxylic acids is 1. The van der Waals surface area contributed by atoms with Gasteiger partial charge in [0.05, 0.1) is 27.3 Å². The summed E-state index contributed by atoms with van der Waals surface area (Å²) >= 11 is 0. The van der Waals surface area contributed by atoms with Gasteiger partial charge in [0, 0.05) is 12.0 Å². The predicted octanol–water partition coefficient (Wildman–Crippen LogP) is 6.96. The summed E-state index contributed by atoms with van der Waals surface area (Å²) in [6, 6.07) is 18.4. The number of unbranched alkanes of at least 4 members (excludes halogenated alkanes) is 6. The Labute approximate surface area is 207 Å². The van der Waals surface area contributed by atoms with Gasteiger partial charge in [-0.05, 0) is 31.4 Å². The lowest BCUT2D eigenvalue weighted by molar-refractivity contribution is -0.917. The van der Waals surface area contributed by atoms with E-state index in [1.807, 2.05) is 37.3 Å². The Morgan fingerprint density at radius 1 is 0.824 bits per heavy atom. The van der Waals surface area contributed by atoms with Crippen LogP contribution in [0.15, 0.2) is 54.6 Å². The fraction of sp³-hybridized carbons (Fsp3) is 0.567. The van der Waals surface area contributed by atoms with E-state index in [2.05, 4.69) is 45.3 Å². The second kappa shape index (κ2) is 15.5. The van der Waals surface area contributed by atoms with E-state index in [0.29, 0.717) is 24.1 Å². The zero-order chi connectivity index (χ0) is 24.7.